The molecule has 1 atom stereocenters. The van der Waals surface area contributed by atoms with E-state index in [-0.39, 0.29) is 0 Å². The lowest BCUT2D eigenvalue weighted by Gasteiger charge is -2.20. The van der Waals surface area contributed by atoms with Gasteiger partial charge in [-0.1, -0.05) is 37.6 Å². The van der Waals surface area contributed by atoms with E-state index in [1.165, 1.54) is 24.0 Å². The van der Waals surface area contributed by atoms with Crippen LogP contribution < -0.4 is 5.73 Å². The molecule has 17 heavy (non-hydrogen) atoms. The molecular formula is C15H26N2. The van der Waals surface area contributed by atoms with Crippen molar-refractivity contribution in [1.82, 2.24) is 4.90 Å². The van der Waals surface area contributed by atoms with Crippen molar-refractivity contribution in [3.63, 3.8) is 0 Å². The molecule has 1 unspecified atom stereocenters. The minimum Gasteiger partial charge on any atom is -0.330 e. The normalized spacial score (nSPS) is 13.0. The van der Waals surface area contributed by atoms with E-state index in [1.54, 1.807) is 0 Å². The second kappa shape index (κ2) is 7.46. The van der Waals surface area contributed by atoms with Crippen molar-refractivity contribution < 1.29 is 0 Å². The fourth-order valence-corrected chi connectivity index (χ4v) is 2.05. The number of hydrogen-bond acceptors (Lipinski definition) is 2. The number of nitrogens with two attached hydrogens (primary N) is 1. The van der Waals surface area contributed by atoms with Crippen LogP contribution in [0.1, 0.15) is 30.9 Å². The van der Waals surface area contributed by atoms with Crippen molar-refractivity contribution in [2.75, 3.05) is 20.1 Å². The third kappa shape index (κ3) is 4.88. The van der Waals surface area contributed by atoms with Crippen molar-refractivity contribution >= 4 is 0 Å². The molecule has 2 nitrogen and oxygen atoms in total. The van der Waals surface area contributed by atoms with Gasteiger partial charge in [0.05, 0.1) is 0 Å². The van der Waals surface area contributed by atoms with Crippen LogP contribution in [0.15, 0.2) is 24.3 Å². The molecule has 0 saturated carbocycles. The Morgan fingerprint density at radius 2 is 2.00 bits per heavy atom. The molecule has 1 aromatic rings. The summed E-state index contributed by atoms with van der Waals surface area (Å²) in [6.07, 6.45) is 2.39. The molecule has 0 spiro atoms. The van der Waals surface area contributed by atoms with Gasteiger partial charge in [-0.3, -0.25) is 0 Å². The van der Waals surface area contributed by atoms with Gasteiger partial charge >= 0.3 is 0 Å². The van der Waals surface area contributed by atoms with E-state index in [0.717, 1.165) is 19.6 Å². The molecule has 1 aromatic carbocycles. The summed E-state index contributed by atoms with van der Waals surface area (Å²) in [6.45, 7) is 7.38. The highest BCUT2D eigenvalue weighted by Gasteiger charge is 2.07. The van der Waals surface area contributed by atoms with E-state index in [9.17, 15) is 0 Å². The molecule has 0 amide bonds. The van der Waals surface area contributed by atoms with Crippen LogP contribution in [0.3, 0.4) is 0 Å². The molecule has 2 heteroatoms. The highest BCUT2D eigenvalue weighted by molar-refractivity contribution is 5.25. The van der Waals surface area contributed by atoms with Gasteiger partial charge in [0.15, 0.2) is 0 Å². The molecule has 0 aliphatic rings. The summed E-state index contributed by atoms with van der Waals surface area (Å²) in [5.74, 6) is 0.675. The Balaban J connectivity index is 2.39. The summed E-state index contributed by atoms with van der Waals surface area (Å²) in [5.41, 5.74) is 8.53. The lowest BCUT2D eigenvalue weighted by molar-refractivity contribution is 0.291. The topological polar surface area (TPSA) is 29.3 Å². The van der Waals surface area contributed by atoms with Crippen LogP contribution in [0.25, 0.3) is 0 Å². The first-order valence-electron chi connectivity index (χ1n) is 6.60. The molecule has 0 aliphatic carbocycles. The van der Waals surface area contributed by atoms with Crippen LogP contribution >= 0.6 is 0 Å². The second-order valence-electron chi connectivity index (χ2n) is 4.96. The van der Waals surface area contributed by atoms with E-state index >= 15 is 0 Å². The molecule has 96 valence electrons. The molecular weight excluding hydrogens is 208 g/mol. The number of aryl methyl sites for hydroxylation is 1. The molecule has 0 heterocycles. The van der Waals surface area contributed by atoms with Crippen molar-refractivity contribution in [2.45, 2.75) is 33.2 Å². The molecule has 0 aliphatic heterocycles. The number of nitrogens with zero attached hydrogens (tertiary/aromatic N) is 1. The molecule has 0 saturated heterocycles. The number of rotatable bonds is 7. The summed E-state index contributed by atoms with van der Waals surface area (Å²) in [6, 6.07) is 8.61. The standard InChI is InChI=1S/C15H26N2/c1-4-14(11-16)9-10-17(3)12-15-8-6-5-7-13(15)2/h5-8,14H,4,9-12,16H2,1-3H3. The zero-order valence-electron chi connectivity index (χ0n) is 11.4. The first-order chi connectivity index (χ1) is 8.17. The first-order valence-corrected chi connectivity index (χ1v) is 6.60. The lowest BCUT2D eigenvalue weighted by atomic mass is 10.0. The van der Waals surface area contributed by atoms with Crippen LogP contribution in [0.2, 0.25) is 0 Å². The summed E-state index contributed by atoms with van der Waals surface area (Å²) in [7, 11) is 2.19. The zero-order valence-corrected chi connectivity index (χ0v) is 11.4. The van der Waals surface area contributed by atoms with Crippen LogP contribution in [-0.4, -0.2) is 25.0 Å². The monoisotopic (exact) mass is 234 g/mol. The lowest BCUT2D eigenvalue weighted by Crippen LogP contribution is -2.24. The highest BCUT2D eigenvalue weighted by atomic mass is 15.1. The molecule has 0 aromatic heterocycles. The molecule has 2 N–H and O–H groups in total. The zero-order chi connectivity index (χ0) is 12.7. The van der Waals surface area contributed by atoms with Gasteiger partial charge in [0.1, 0.15) is 0 Å². The second-order valence-corrected chi connectivity index (χ2v) is 4.96. The molecule has 0 fully saturated rings. The van der Waals surface area contributed by atoms with E-state index in [4.69, 9.17) is 5.73 Å². The smallest absolute Gasteiger partial charge is 0.0233 e. The van der Waals surface area contributed by atoms with Gasteiger partial charge in [-0.25, -0.2) is 0 Å². The van der Waals surface area contributed by atoms with Crippen LogP contribution in [-0.2, 0) is 6.54 Å². The molecule has 1 rings (SSSR count). The quantitative estimate of drug-likeness (QED) is 0.786. The maximum Gasteiger partial charge on any atom is 0.0233 e. The average molecular weight is 234 g/mol. The SMILES string of the molecule is CCC(CN)CCN(C)Cc1ccccc1C. The number of benzene rings is 1. The summed E-state index contributed by atoms with van der Waals surface area (Å²) >= 11 is 0. The van der Waals surface area contributed by atoms with Gasteiger partial charge in [-0.2, -0.15) is 0 Å². The van der Waals surface area contributed by atoms with E-state index in [1.807, 2.05) is 0 Å². The Morgan fingerprint density at radius 1 is 1.29 bits per heavy atom. The summed E-state index contributed by atoms with van der Waals surface area (Å²) in [5, 5.41) is 0. The minimum atomic E-state index is 0.675. The average Bonchev–Trinajstić information content (AvgIpc) is 2.33. The highest BCUT2D eigenvalue weighted by Crippen LogP contribution is 2.11. The Kier molecular flexibility index (Phi) is 6.23. The molecule has 0 bridgehead atoms. The van der Waals surface area contributed by atoms with Gasteiger partial charge in [0.25, 0.3) is 0 Å². The maximum absolute atomic E-state index is 5.73. The Labute approximate surface area is 106 Å². The minimum absolute atomic E-state index is 0.675. The third-order valence-corrected chi connectivity index (χ3v) is 3.53. The van der Waals surface area contributed by atoms with E-state index in [0.29, 0.717) is 5.92 Å². The Bertz CT molecular complexity index is 318. The summed E-state index contributed by atoms with van der Waals surface area (Å²) in [4.78, 5) is 2.39. The van der Waals surface area contributed by atoms with Crippen LogP contribution in [0.4, 0.5) is 0 Å². The first kappa shape index (κ1) is 14.2. The Hall–Kier alpha value is -0.860. The van der Waals surface area contributed by atoms with Gasteiger partial charge < -0.3 is 10.6 Å². The van der Waals surface area contributed by atoms with Gasteiger partial charge in [0.2, 0.25) is 0 Å². The maximum atomic E-state index is 5.73. The summed E-state index contributed by atoms with van der Waals surface area (Å²) < 4.78 is 0. The van der Waals surface area contributed by atoms with Crippen molar-refractivity contribution in [1.29, 1.82) is 0 Å². The fraction of sp³-hybridized carbons (Fsp3) is 0.600. The largest absolute Gasteiger partial charge is 0.330 e. The van der Waals surface area contributed by atoms with E-state index in [2.05, 4.69) is 50.1 Å². The van der Waals surface area contributed by atoms with Crippen molar-refractivity contribution in [3.05, 3.63) is 35.4 Å². The predicted octanol–water partition coefficient (Wildman–Crippen LogP) is 2.80. The van der Waals surface area contributed by atoms with Crippen molar-refractivity contribution in [2.24, 2.45) is 11.7 Å². The van der Waals surface area contributed by atoms with Gasteiger partial charge in [0, 0.05) is 6.54 Å². The number of hydrogen-bond donors (Lipinski definition) is 1. The van der Waals surface area contributed by atoms with Gasteiger partial charge in [-0.05, 0) is 50.5 Å². The third-order valence-electron chi connectivity index (χ3n) is 3.53. The Morgan fingerprint density at radius 3 is 2.59 bits per heavy atom. The predicted molar refractivity (Wildman–Crippen MR) is 75.0 cm³/mol. The van der Waals surface area contributed by atoms with E-state index < -0.39 is 0 Å². The van der Waals surface area contributed by atoms with Crippen LogP contribution in [0, 0.1) is 12.8 Å². The van der Waals surface area contributed by atoms with Crippen LogP contribution in [0.5, 0.6) is 0 Å². The molecule has 0 radical (unpaired) electrons. The van der Waals surface area contributed by atoms with Gasteiger partial charge in [-0.15, -0.1) is 0 Å². The van der Waals surface area contributed by atoms with Crippen molar-refractivity contribution in [3.8, 4) is 0 Å². The fourth-order valence-electron chi connectivity index (χ4n) is 2.05.